The summed E-state index contributed by atoms with van der Waals surface area (Å²) in [5.74, 6) is 0.676. The molecule has 0 aliphatic carbocycles. The molecule has 1 amide bonds. The number of methoxy groups -OCH3 is 1. The van der Waals surface area contributed by atoms with Crippen LogP contribution in [-0.2, 0) is 9.53 Å². The van der Waals surface area contributed by atoms with Crippen LogP contribution in [0, 0.1) is 11.3 Å². The van der Waals surface area contributed by atoms with Gasteiger partial charge in [-0.15, -0.1) is 12.4 Å². The van der Waals surface area contributed by atoms with E-state index in [0.29, 0.717) is 19.1 Å². The Bertz CT molecular complexity index is 221. The average molecular weight is 281 g/mol. The van der Waals surface area contributed by atoms with E-state index in [0.717, 1.165) is 19.5 Å². The summed E-state index contributed by atoms with van der Waals surface area (Å²) in [7, 11) is 1.68. The van der Waals surface area contributed by atoms with Gasteiger partial charge in [0.1, 0.15) is 0 Å². The fourth-order valence-corrected chi connectivity index (χ4v) is 1.92. The summed E-state index contributed by atoms with van der Waals surface area (Å²) in [5, 5.41) is 6.16. The minimum absolute atomic E-state index is 0. The van der Waals surface area contributed by atoms with Crippen molar-refractivity contribution in [2.75, 3.05) is 33.4 Å². The summed E-state index contributed by atoms with van der Waals surface area (Å²) in [5.41, 5.74) is -0.277. The topological polar surface area (TPSA) is 50.4 Å². The van der Waals surface area contributed by atoms with Crippen molar-refractivity contribution in [3.63, 3.8) is 0 Å². The Labute approximate surface area is 118 Å². The van der Waals surface area contributed by atoms with E-state index in [1.807, 2.05) is 13.8 Å². The van der Waals surface area contributed by atoms with Crippen molar-refractivity contribution in [1.82, 2.24) is 10.6 Å². The van der Waals surface area contributed by atoms with Crippen molar-refractivity contribution in [2.24, 2.45) is 11.3 Å². The van der Waals surface area contributed by atoms with Gasteiger partial charge in [0.05, 0.1) is 6.61 Å². The maximum atomic E-state index is 11.9. The third-order valence-electron chi connectivity index (χ3n) is 2.60. The number of hydrogen-bond acceptors (Lipinski definition) is 3. The van der Waals surface area contributed by atoms with Gasteiger partial charge in [0.2, 0.25) is 5.91 Å². The van der Waals surface area contributed by atoms with Crippen LogP contribution in [0.15, 0.2) is 0 Å². The van der Waals surface area contributed by atoms with Crippen molar-refractivity contribution < 1.29 is 9.53 Å². The smallest absolute Gasteiger partial charge is 0.225 e. The molecule has 0 aromatic heterocycles. The minimum Gasteiger partial charge on any atom is -0.383 e. The minimum atomic E-state index is -0.277. The number of nitrogens with one attached hydrogen (secondary N) is 2. The summed E-state index contributed by atoms with van der Waals surface area (Å²) >= 11 is 0. The quantitative estimate of drug-likeness (QED) is 0.634. The van der Waals surface area contributed by atoms with Gasteiger partial charge in [-0.25, -0.2) is 0 Å². The highest BCUT2D eigenvalue weighted by Crippen LogP contribution is 2.25. The molecule has 0 saturated heterocycles. The number of ether oxygens (including phenoxy) is 1. The largest absolute Gasteiger partial charge is 0.383 e. The summed E-state index contributed by atoms with van der Waals surface area (Å²) in [6.07, 6.45) is 0.913. The highest BCUT2D eigenvalue weighted by Gasteiger charge is 2.27. The molecule has 0 aliphatic rings. The number of carbonyl (C=O) groups excluding carboxylic acids is 1. The molecular formula is C13H29ClN2O2. The zero-order chi connectivity index (χ0) is 13.3. The van der Waals surface area contributed by atoms with Crippen molar-refractivity contribution in [2.45, 2.75) is 34.1 Å². The number of hydrogen-bond donors (Lipinski definition) is 2. The number of amides is 1. The zero-order valence-electron chi connectivity index (χ0n) is 12.3. The van der Waals surface area contributed by atoms with E-state index >= 15 is 0 Å². The van der Waals surface area contributed by atoms with Crippen LogP contribution in [0.2, 0.25) is 0 Å². The average Bonchev–Trinajstić information content (AvgIpc) is 2.21. The highest BCUT2D eigenvalue weighted by atomic mass is 35.5. The molecule has 5 heteroatoms. The predicted octanol–water partition coefficient (Wildman–Crippen LogP) is 1.83. The first kappa shape index (κ1) is 20.0. The lowest BCUT2D eigenvalue weighted by Crippen LogP contribution is -2.41. The molecule has 0 heterocycles. The SMILES string of the molecule is COCCNCCNC(=O)C(C)(C)CC(C)C.Cl. The van der Waals surface area contributed by atoms with Crippen LogP contribution in [0.4, 0.5) is 0 Å². The van der Waals surface area contributed by atoms with Crippen LogP contribution < -0.4 is 10.6 Å². The molecule has 4 nitrogen and oxygen atoms in total. The van der Waals surface area contributed by atoms with Crippen LogP contribution in [-0.4, -0.2) is 39.3 Å². The van der Waals surface area contributed by atoms with E-state index in [2.05, 4.69) is 24.5 Å². The molecule has 0 unspecified atom stereocenters. The Morgan fingerprint density at radius 1 is 1.22 bits per heavy atom. The van der Waals surface area contributed by atoms with Crippen molar-refractivity contribution in [3.8, 4) is 0 Å². The second-order valence-electron chi connectivity index (χ2n) is 5.48. The van der Waals surface area contributed by atoms with E-state index < -0.39 is 0 Å². The van der Waals surface area contributed by atoms with Gasteiger partial charge in [-0.05, 0) is 12.3 Å². The summed E-state index contributed by atoms with van der Waals surface area (Å²) in [6.45, 7) is 11.3. The first-order valence-corrected chi connectivity index (χ1v) is 6.38. The standard InChI is InChI=1S/C13H28N2O2.ClH/c1-11(2)10-13(3,4)12(16)15-7-6-14-8-9-17-5;/h11,14H,6-10H2,1-5H3,(H,15,16);1H. The van der Waals surface area contributed by atoms with Gasteiger partial charge < -0.3 is 15.4 Å². The Kier molecular flexibility index (Phi) is 11.8. The van der Waals surface area contributed by atoms with Gasteiger partial charge in [-0.1, -0.05) is 27.7 Å². The lowest BCUT2D eigenvalue weighted by molar-refractivity contribution is -0.130. The molecule has 0 radical (unpaired) electrons. The van der Waals surface area contributed by atoms with Gasteiger partial charge in [0.25, 0.3) is 0 Å². The Hall–Kier alpha value is -0.320. The van der Waals surface area contributed by atoms with Crippen LogP contribution in [0.3, 0.4) is 0 Å². The monoisotopic (exact) mass is 280 g/mol. The predicted molar refractivity (Wildman–Crippen MR) is 78.2 cm³/mol. The Balaban J connectivity index is 0. The number of halogens is 1. The number of carbonyl (C=O) groups is 1. The van der Waals surface area contributed by atoms with Crippen LogP contribution in [0.1, 0.15) is 34.1 Å². The first-order valence-electron chi connectivity index (χ1n) is 6.38. The molecule has 0 atom stereocenters. The van der Waals surface area contributed by atoms with E-state index in [-0.39, 0.29) is 23.7 Å². The van der Waals surface area contributed by atoms with Crippen molar-refractivity contribution in [3.05, 3.63) is 0 Å². The van der Waals surface area contributed by atoms with Gasteiger partial charge in [0.15, 0.2) is 0 Å². The summed E-state index contributed by atoms with van der Waals surface area (Å²) < 4.78 is 4.92. The second kappa shape index (κ2) is 10.6. The van der Waals surface area contributed by atoms with E-state index in [9.17, 15) is 4.79 Å². The fourth-order valence-electron chi connectivity index (χ4n) is 1.92. The van der Waals surface area contributed by atoms with E-state index in [4.69, 9.17) is 4.74 Å². The molecule has 0 aliphatic heterocycles. The molecule has 110 valence electrons. The Morgan fingerprint density at radius 2 is 1.83 bits per heavy atom. The van der Waals surface area contributed by atoms with E-state index in [1.54, 1.807) is 7.11 Å². The highest BCUT2D eigenvalue weighted by molar-refractivity contribution is 5.85. The van der Waals surface area contributed by atoms with E-state index in [1.165, 1.54) is 0 Å². The normalized spacial score (nSPS) is 11.2. The van der Waals surface area contributed by atoms with Crippen LogP contribution in [0.25, 0.3) is 0 Å². The maximum Gasteiger partial charge on any atom is 0.225 e. The molecule has 0 aromatic carbocycles. The van der Waals surface area contributed by atoms with Crippen LogP contribution in [0.5, 0.6) is 0 Å². The summed E-state index contributed by atoms with van der Waals surface area (Å²) in [4.78, 5) is 11.9. The molecule has 2 N–H and O–H groups in total. The summed E-state index contributed by atoms with van der Waals surface area (Å²) in [6, 6.07) is 0. The number of rotatable bonds is 9. The zero-order valence-corrected chi connectivity index (χ0v) is 13.2. The second-order valence-corrected chi connectivity index (χ2v) is 5.48. The third-order valence-corrected chi connectivity index (χ3v) is 2.60. The molecule has 0 spiro atoms. The molecule has 18 heavy (non-hydrogen) atoms. The van der Waals surface area contributed by atoms with Crippen molar-refractivity contribution in [1.29, 1.82) is 0 Å². The lowest BCUT2D eigenvalue weighted by atomic mass is 9.83. The van der Waals surface area contributed by atoms with Crippen molar-refractivity contribution >= 4 is 18.3 Å². The van der Waals surface area contributed by atoms with Gasteiger partial charge >= 0.3 is 0 Å². The molecule has 0 bridgehead atoms. The first-order chi connectivity index (χ1) is 7.90. The Morgan fingerprint density at radius 3 is 2.33 bits per heavy atom. The molecule has 0 saturated carbocycles. The molecule has 0 aromatic rings. The molecule has 0 rings (SSSR count). The van der Waals surface area contributed by atoms with Gasteiger partial charge in [-0.3, -0.25) is 4.79 Å². The van der Waals surface area contributed by atoms with Crippen LogP contribution >= 0.6 is 12.4 Å². The third kappa shape index (κ3) is 9.68. The fraction of sp³-hybridized carbons (Fsp3) is 0.923. The molecular weight excluding hydrogens is 252 g/mol. The maximum absolute atomic E-state index is 11.9. The van der Waals surface area contributed by atoms with Gasteiger partial charge in [0, 0.05) is 32.2 Å². The molecule has 0 fully saturated rings. The van der Waals surface area contributed by atoms with Gasteiger partial charge in [-0.2, -0.15) is 0 Å². The lowest BCUT2D eigenvalue weighted by Gasteiger charge is -2.25.